The minimum absolute atomic E-state index is 0.464. The average Bonchev–Trinajstić information content (AvgIpc) is 2.84. The number of hydrogen-bond donors (Lipinski definition) is 0. The second kappa shape index (κ2) is 2.88. The van der Waals surface area contributed by atoms with Gasteiger partial charge in [0.05, 0.1) is 5.56 Å². The van der Waals surface area contributed by atoms with Crippen molar-refractivity contribution in [2.24, 2.45) is 0 Å². The third-order valence-corrected chi connectivity index (χ3v) is 2.08. The maximum Gasteiger partial charge on any atom is 0.261 e. The molecular formula is C9H7N5O. The molecule has 0 N–H and O–H groups in total. The van der Waals surface area contributed by atoms with Crippen LogP contribution < -0.4 is 0 Å². The normalized spacial score (nSPS) is 11.0. The predicted molar refractivity (Wildman–Crippen MR) is 51.0 cm³/mol. The Morgan fingerprint density at radius 2 is 2.33 bits per heavy atom. The number of rotatable bonds is 1. The topological polar surface area (TPSA) is 69.1 Å². The highest BCUT2D eigenvalue weighted by molar-refractivity contribution is 5.70. The quantitative estimate of drug-likeness (QED) is 0.589. The molecule has 3 aromatic rings. The minimum atomic E-state index is 0.464. The molecule has 3 rings (SSSR count). The van der Waals surface area contributed by atoms with E-state index in [1.165, 1.54) is 0 Å². The average molecular weight is 201 g/mol. The SMILES string of the molecule is Cc1noc(-c2cccn3cnnc23)n1. The molecule has 0 saturated carbocycles. The monoisotopic (exact) mass is 201 g/mol. The summed E-state index contributed by atoms with van der Waals surface area (Å²) in [5.41, 5.74) is 1.50. The number of hydrogen-bond acceptors (Lipinski definition) is 5. The van der Waals surface area contributed by atoms with E-state index in [-0.39, 0.29) is 0 Å². The molecule has 0 amide bonds. The molecule has 0 fully saturated rings. The van der Waals surface area contributed by atoms with Gasteiger partial charge in [-0.25, -0.2) is 0 Å². The molecule has 3 heterocycles. The summed E-state index contributed by atoms with van der Waals surface area (Å²) in [6, 6.07) is 3.75. The summed E-state index contributed by atoms with van der Waals surface area (Å²) in [5, 5.41) is 11.5. The zero-order valence-electron chi connectivity index (χ0n) is 7.95. The summed E-state index contributed by atoms with van der Waals surface area (Å²) in [5.74, 6) is 1.07. The minimum Gasteiger partial charge on any atom is -0.334 e. The van der Waals surface area contributed by atoms with Crippen LogP contribution in [-0.2, 0) is 0 Å². The predicted octanol–water partition coefficient (Wildman–Crippen LogP) is 1.09. The van der Waals surface area contributed by atoms with Crippen LogP contribution in [0.1, 0.15) is 5.82 Å². The summed E-state index contributed by atoms with van der Waals surface area (Å²) in [4.78, 5) is 4.15. The maximum absolute atomic E-state index is 5.09. The highest BCUT2D eigenvalue weighted by Crippen LogP contribution is 2.20. The Morgan fingerprint density at radius 3 is 3.13 bits per heavy atom. The third kappa shape index (κ3) is 1.18. The molecule has 15 heavy (non-hydrogen) atoms. The first kappa shape index (κ1) is 8.10. The molecule has 0 aliphatic rings. The van der Waals surface area contributed by atoms with Gasteiger partial charge in [-0.3, -0.25) is 4.40 Å². The van der Waals surface area contributed by atoms with Gasteiger partial charge in [-0.2, -0.15) is 4.98 Å². The van der Waals surface area contributed by atoms with Crippen molar-refractivity contribution in [2.45, 2.75) is 6.92 Å². The molecule has 0 spiro atoms. The Kier molecular flexibility index (Phi) is 1.55. The van der Waals surface area contributed by atoms with Gasteiger partial charge in [0.15, 0.2) is 11.5 Å². The first-order valence-electron chi connectivity index (χ1n) is 4.43. The van der Waals surface area contributed by atoms with Gasteiger partial charge in [0.1, 0.15) is 6.33 Å². The van der Waals surface area contributed by atoms with E-state index in [4.69, 9.17) is 4.52 Å². The molecule has 6 nitrogen and oxygen atoms in total. The Morgan fingerprint density at radius 1 is 1.40 bits per heavy atom. The Labute approximate surface area is 84.6 Å². The van der Waals surface area contributed by atoms with Crippen molar-refractivity contribution >= 4 is 5.65 Å². The van der Waals surface area contributed by atoms with Crippen LogP contribution in [-0.4, -0.2) is 24.7 Å². The molecule has 0 unspecified atom stereocenters. The summed E-state index contributed by atoms with van der Waals surface area (Å²) in [7, 11) is 0. The van der Waals surface area contributed by atoms with Gasteiger partial charge in [-0.05, 0) is 19.1 Å². The highest BCUT2D eigenvalue weighted by atomic mass is 16.5. The number of aromatic nitrogens is 5. The van der Waals surface area contributed by atoms with Crippen molar-refractivity contribution in [3.05, 3.63) is 30.5 Å². The van der Waals surface area contributed by atoms with E-state index in [0.29, 0.717) is 17.4 Å². The van der Waals surface area contributed by atoms with E-state index >= 15 is 0 Å². The van der Waals surface area contributed by atoms with Crippen LogP contribution in [0.25, 0.3) is 17.1 Å². The Hall–Kier alpha value is -2.24. The van der Waals surface area contributed by atoms with Crippen LogP contribution in [0, 0.1) is 6.92 Å². The number of nitrogens with zero attached hydrogens (tertiary/aromatic N) is 5. The van der Waals surface area contributed by atoms with Gasteiger partial charge in [0.25, 0.3) is 5.89 Å². The van der Waals surface area contributed by atoms with E-state index in [1.54, 1.807) is 17.7 Å². The van der Waals surface area contributed by atoms with E-state index in [2.05, 4.69) is 20.3 Å². The van der Waals surface area contributed by atoms with E-state index in [0.717, 1.165) is 5.56 Å². The van der Waals surface area contributed by atoms with Crippen molar-refractivity contribution in [3.8, 4) is 11.5 Å². The highest BCUT2D eigenvalue weighted by Gasteiger charge is 2.11. The molecule has 6 heteroatoms. The zero-order valence-corrected chi connectivity index (χ0v) is 7.95. The molecule has 74 valence electrons. The largest absolute Gasteiger partial charge is 0.334 e. The van der Waals surface area contributed by atoms with Crippen LogP contribution in [0.3, 0.4) is 0 Å². The Balaban J connectivity index is 2.30. The third-order valence-electron chi connectivity index (χ3n) is 2.08. The molecule has 0 saturated heterocycles. The van der Waals surface area contributed by atoms with Gasteiger partial charge >= 0.3 is 0 Å². The van der Waals surface area contributed by atoms with Crippen LogP contribution >= 0.6 is 0 Å². The second-order valence-corrected chi connectivity index (χ2v) is 3.13. The fourth-order valence-electron chi connectivity index (χ4n) is 1.42. The summed E-state index contributed by atoms with van der Waals surface area (Å²) >= 11 is 0. The molecular weight excluding hydrogens is 194 g/mol. The van der Waals surface area contributed by atoms with Gasteiger partial charge in [-0.1, -0.05) is 5.16 Å². The molecule has 0 aliphatic heterocycles. The van der Waals surface area contributed by atoms with Gasteiger partial charge in [0, 0.05) is 6.20 Å². The first-order valence-corrected chi connectivity index (χ1v) is 4.43. The lowest BCUT2D eigenvalue weighted by Crippen LogP contribution is -1.87. The van der Waals surface area contributed by atoms with E-state index in [1.807, 2.05) is 18.3 Å². The standard InChI is InChI=1S/C9H7N5O/c1-6-11-9(15-13-6)7-3-2-4-14-5-10-12-8(7)14/h2-5H,1H3. The molecule has 3 aromatic heterocycles. The fraction of sp³-hybridized carbons (Fsp3) is 0.111. The molecule has 0 radical (unpaired) electrons. The number of pyridine rings is 1. The molecule has 0 bridgehead atoms. The van der Waals surface area contributed by atoms with E-state index < -0.39 is 0 Å². The van der Waals surface area contributed by atoms with Crippen molar-refractivity contribution in [3.63, 3.8) is 0 Å². The van der Waals surface area contributed by atoms with Crippen molar-refractivity contribution in [1.29, 1.82) is 0 Å². The van der Waals surface area contributed by atoms with Gasteiger partial charge < -0.3 is 4.52 Å². The van der Waals surface area contributed by atoms with E-state index in [9.17, 15) is 0 Å². The first-order chi connectivity index (χ1) is 7.34. The van der Waals surface area contributed by atoms with Crippen molar-refractivity contribution in [2.75, 3.05) is 0 Å². The van der Waals surface area contributed by atoms with Gasteiger partial charge in [0.2, 0.25) is 0 Å². The number of aryl methyl sites for hydroxylation is 1. The summed E-state index contributed by atoms with van der Waals surface area (Å²) in [6.07, 6.45) is 3.49. The lowest BCUT2D eigenvalue weighted by Gasteiger charge is -1.95. The van der Waals surface area contributed by atoms with Crippen molar-refractivity contribution < 1.29 is 4.52 Å². The maximum atomic E-state index is 5.09. The molecule has 0 aromatic carbocycles. The van der Waals surface area contributed by atoms with Crippen molar-refractivity contribution in [1.82, 2.24) is 24.7 Å². The lowest BCUT2D eigenvalue weighted by atomic mass is 10.2. The fourth-order valence-corrected chi connectivity index (χ4v) is 1.42. The summed E-state index contributed by atoms with van der Waals surface area (Å²) in [6.45, 7) is 1.77. The van der Waals surface area contributed by atoms with Crippen LogP contribution in [0.5, 0.6) is 0 Å². The second-order valence-electron chi connectivity index (χ2n) is 3.13. The van der Waals surface area contributed by atoms with Crippen LogP contribution in [0.4, 0.5) is 0 Å². The number of fused-ring (bicyclic) bond motifs is 1. The smallest absolute Gasteiger partial charge is 0.261 e. The van der Waals surface area contributed by atoms with Crippen LogP contribution in [0.2, 0.25) is 0 Å². The lowest BCUT2D eigenvalue weighted by molar-refractivity contribution is 0.426. The van der Waals surface area contributed by atoms with Gasteiger partial charge in [-0.15, -0.1) is 10.2 Å². The summed E-state index contributed by atoms with van der Waals surface area (Å²) < 4.78 is 6.89. The van der Waals surface area contributed by atoms with Crippen LogP contribution in [0.15, 0.2) is 29.2 Å². The molecule has 0 aliphatic carbocycles. The Bertz CT molecular complexity index is 612. The molecule has 0 atom stereocenters. The zero-order chi connectivity index (χ0) is 10.3.